The number of hydrogen-bond acceptors (Lipinski definition) is 3. The SMILES string of the molecule is CCC(C(=O)C(=O)O)C(=O)c1c(Cl)cccc1Cl. The van der Waals surface area contributed by atoms with E-state index < -0.39 is 23.5 Å². The number of aliphatic carboxylic acids is 1. The molecule has 0 amide bonds. The Hall–Kier alpha value is -1.39. The highest BCUT2D eigenvalue weighted by Crippen LogP contribution is 2.28. The second-order valence-electron chi connectivity index (χ2n) is 3.59. The smallest absolute Gasteiger partial charge is 0.372 e. The molecular formula is C12H10Cl2O4. The molecule has 0 saturated carbocycles. The maximum atomic E-state index is 12.1. The monoisotopic (exact) mass is 288 g/mol. The van der Waals surface area contributed by atoms with Crippen LogP contribution in [-0.2, 0) is 9.59 Å². The van der Waals surface area contributed by atoms with E-state index in [0.717, 1.165) is 0 Å². The van der Waals surface area contributed by atoms with E-state index in [1.54, 1.807) is 13.0 Å². The Balaban J connectivity index is 3.20. The van der Waals surface area contributed by atoms with Gasteiger partial charge in [0.2, 0.25) is 0 Å². The van der Waals surface area contributed by atoms with Crippen molar-refractivity contribution in [1.29, 1.82) is 0 Å². The summed E-state index contributed by atoms with van der Waals surface area (Å²) < 4.78 is 0. The number of hydrogen-bond donors (Lipinski definition) is 1. The Morgan fingerprint density at radius 1 is 1.22 bits per heavy atom. The summed E-state index contributed by atoms with van der Waals surface area (Å²) in [6.45, 7) is 1.55. The summed E-state index contributed by atoms with van der Waals surface area (Å²) in [5, 5.41) is 8.85. The predicted molar refractivity (Wildman–Crippen MR) is 67.2 cm³/mol. The zero-order valence-electron chi connectivity index (χ0n) is 9.44. The van der Waals surface area contributed by atoms with Gasteiger partial charge in [-0.25, -0.2) is 4.79 Å². The molecule has 0 heterocycles. The Kier molecular flexibility index (Phi) is 4.87. The maximum absolute atomic E-state index is 12.1. The van der Waals surface area contributed by atoms with Gasteiger partial charge in [0.25, 0.3) is 5.78 Å². The fourth-order valence-corrected chi connectivity index (χ4v) is 2.13. The van der Waals surface area contributed by atoms with Crippen LogP contribution in [0.2, 0.25) is 10.0 Å². The van der Waals surface area contributed by atoms with Gasteiger partial charge in [0.15, 0.2) is 5.78 Å². The molecule has 0 aliphatic carbocycles. The van der Waals surface area contributed by atoms with Crippen LogP contribution in [0.1, 0.15) is 23.7 Å². The number of carboxylic acid groups (broad SMARTS) is 1. The van der Waals surface area contributed by atoms with Crippen LogP contribution in [0.5, 0.6) is 0 Å². The number of carbonyl (C=O) groups excluding carboxylic acids is 2. The highest BCUT2D eigenvalue weighted by atomic mass is 35.5. The van der Waals surface area contributed by atoms with Gasteiger partial charge in [-0.3, -0.25) is 9.59 Å². The van der Waals surface area contributed by atoms with Crippen molar-refractivity contribution in [3.63, 3.8) is 0 Å². The summed E-state index contributed by atoms with van der Waals surface area (Å²) in [6, 6.07) is 4.47. The Bertz CT molecular complexity index is 491. The average molecular weight is 289 g/mol. The van der Waals surface area contributed by atoms with Crippen LogP contribution in [0.3, 0.4) is 0 Å². The van der Waals surface area contributed by atoms with Crippen molar-refractivity contribution in [1.82, 2.24) is 0 Å². The van der Waals surface area contributed by atoms with Gasteiger partial charge in [0.05, 0.1) is 21.5 Å². The topological polar surface area (TPSA) is 71.4 Å². The Morgan fingerprint density at radius 2 is 1.72 bits per heavy atom. The van der Waals surface area contributed by atoms with E-state index >= 15 is 0 Å². The first-order valence-corrected chi connectivity index (χ1v) is 5.91. The van der Waals surface area contributed by atoms with E-state index in [9.17, 15) is 14.4 Å². The third-order valence-corrected chi connectivity index (χ3v) is 3.09. The lowest BCUT2D eigenvalue weighted by molar-refractivity contribution is -0.150. The molecule has 0 saturated heterocycles. The Labute approximate surface area is 114 Å². The summed E-state index contributed by atoms with van der Waals surface area (Å²) >= 11 is 11.7. The van der Waals surface area contributed by atoms with Crippen molar-refractivity contribution in [3.8, 4) is 0 Å². The Morgan fingerprint density at radius 3 is 2.11 bits per heavy atom. The van der Waals surface area contributed by atoms with Crippen molar-refractivity contribution in [2.24, 2.45) is 5.92 Å². The van der Waals surface area contributed by atoms with Gasteiger partial charge in [0.1, 0.15) is 0 Å². The summed E-state index contributed by atoms with van der Waals surface area (Å²) in [5.74, 6) is -4.72. The van der Waals surface area contributed by atoms with Crippen molar-refractivity contribution in [2.45, 2.75) is 13.3 Å². The molecule has 1 N–H and O–H groups in total. The second-order valence-corrected chi connectivity index (χ2v) is 4.41. The van der Waals surface area contributed by atoms with Crippen LogP contribution in [0, 0.1) is 5.92 Å². The van der Waals surface area contributed by atoms with Crippen LogP contribution in [0.25, 0.3) is 0 Å². The first kappa shape index (κ1) is 14.7. The molecule has 0 fully saturated rings. The fraction of sp³-hybridized carbons (Fsp3) is 0.250. The van der Waals surface area contributed by atoms with E-state index in [1.807, 2.05) is 0 Å². The third kappa shape index (κ3) is 2.89. The lowest BCUT2D eigenvalue weighted by Crippen LogP contribution is -2.30. The van der Waals surface area contributed by atoms with Crippen LogP contribution in [0.4, 0.5) is 0 Å². The van der Waals surface area contributed by atoms with Gasteiger partial charge < -0.3 is 5.11 Å². The first-order chi connectivity index (χ1) is 8.40. The maximum Gasteiger partial charge on any atom is 0.372 e. The lowest BCUT2D eigenvalue weighted by Gasteiger charge is -2.12. The number of Topliss-reactive ketones (excluding diaryl/α,β-unsaturated/α-hetero) is 2. The molecule has 0 aliphatic heterocycles. The average Bonchev–Trinajstić information content (AvgIpc) is 2.29. The van der Waals surface area contributed by atoms with Crippen LogP contribution >= 0.6 is 23.2 Å². The van der Waals surface area contributed by atoms with E-state index in [-0.39, 0.29) is 22.0 Å². The van der Waals surface area contributed by atoms with Crippen molar-refractivity contribution in [2.75, 3.05) is 0 Å². The molecule has 0 bridgehead atoms. The van der Waals surface area contributed by atoms with Gasteiger partial charge >= 0.3 is 5.97 Å². The second kappa shape index (κ2) is 5.98. The summed E-state index contributed by atoms with van der Waals surface area (Å²) in [4.78, 5) is 34.2. The molecule has 0 spiro atoms. The third-order valence-electron chi connectivity index (χ3n) is 2.46. The quantitative estimate of drug-likeness (QED) is 0.514. The molecule has 1 aromatic carbocycles. The minimum atomic E-state index is -1.64. The number of ketones is 2. The number of carbonyl (C=O) groups is 3. The summed E-state index contributed by atoms with van der Waals surface area (Å²) in [6.07, 6.45) is 0.0749. The van der Waals surface area contributed by atoms with Gasteiger partial charge in [-0.05, 0) is 18.6 Å². The molecule has 0 aliphatic rings. The summed E-state index contributed by atoms with van der Waals surface area (Å²) in [5.41, 5.74) is -0.0118. The standard InChI is InChI=1S/C12H10Cl2O4/c1-2-6(11(16)12(17)18)10(15)9-7(13)4-3-5-8(9)14/h3-6H,2H2,1H3,(H,17,18). The number of halogens is 2. The van der Waals surface area contributed by atoms with Gasteiger partial charge in [-0.2, -0.15) is 0 Å². The van der Waals surface area contributed by atoms with E-state index in [0.29, 0.717) is 0 Å². The predicted octanol–water partition coefficient (Wildman–Crippen LogP) is 2.86. The number of benzene rings is 1. The summed E-state index contributed by atoms with van der Waals surface area (Å²) in [7, 11) is 0. The molecule has 1 unspecified atom stereocenters. The molecule has 1 rings (SSSR count). The highest BCUT2D eigenvalue weighted by molar-refractivity contribution is 6.43. The largest absolute Gasteiger partial charge is 0.475 e. The zero-order valence-corrected chi connectivity index (χ0v) is 11.0. The van der Waals surface area contributed by atoms with Crippen LogP contribution < -0.4 is 0 Å². The van der Waals surface area contributed by atoms with E-state index in [4.69, 9.17) is 28.3 Å². The molecule has 96 valence electrons. The van der Waals surface area contributed by atoms with E-state index in [1.165, 1.54) is 12.1 Å². The molecule has 0 radical (unpaired) electrons. The van der Waals surface area contributed by atoms with Crippen LogP contribution in [-0.4, -0.2) is 22.6 Å². The fourth-order valence-electron chi connectivity index (χ4n) is 1.55. The molecule has 18 heavy (non-hydrogen) atoms. The molecule has 0 aromatic heterocycles. The van der Waals surface area contributed by atoms with Crippen molar-refractivity contribution in [3.05, 3.63) is 33.8 Å². The van der Waals surface area contributed by atoms with Gasteiger partial charge in [0, 0.05) is 0 Å². The number of rotatable bonds is 5. The van der Waals surface area contributed by atoms with Crippen molar-refractivity contribution >= 4 is 40.7 Å². The lowest BCUT2D eigenvalue weighted by atomic mass is 9.91. The normalized spacial score (nSPS) is 11.9. The molecular weight excluding hydrogens is 279 g/mol. The minimum Gasteiger partial charge on any atom is -0.475 e. The molecule has 1 atom stereocenters. The zero-order chi connectivity index (χ0) is 13.9. The van der Waals surface area contributed by atoms with Crippen molar-refractivity contribution < 1.29 is 19.5 Å². The highest BCUT2D eigenvalue weighted by Gasteiger charge is 2.32. The van der Waals surface area contributed by atoms with Crippen LogP contribution in [0.15, 0.2) is 18.2 Å². The molecule has 6 heteroatoms. The van der Waals surface area contributed by atoms with Gasteiger partial charge in [-0.15, -0.1) is 0 Å². The first-order valence-electron chi connectivity index (χ1n) is 5.15. The van der Waals surface area contributed by atoms with Gasteiger partial charge in [-0.1, -0.05) is 36.2 Å². The van der Waals surface area contributed by atoms with E-state index in [2.05, 4.69) is 0 Å². The molecule has 1 aromatic rings. The molecule has 4 nitrogen and oxygen atoms in total. The number of carboxylic acids is 1. The minimum absolute atomic E-state index is 0.0118.